The Morgan fingerprint density at radius 3 is 2.83 bits per heavy atom. The quantitative estimate of drug-likeness (QED) is 0.470. The molecule has 1 aliphatic heterocycles. The highest BCUT2D eigenvalue weighted by molar-refractivity contribution is 5.81. The smallest absolute Gasteiger partial charge is 0.330 e. The average molecular weight is 170 g/mol. The molecule has 1 fully saturated rings. The van der Waals surface area contributed by atoms with E-state index in [1.54, 1.807) is 0 Å². The van der Waals surface area contributed by atoms with Crippen molar-refractivity contribution in [1.82, 2.24) is 0 Å². The van der Waals surface area contributed by atoms with E-state index < -0.39 is 0 Å². The summed E-state index contributed by atoms with van der Waals surface area (Å²) in [6.07, 6.45) is 1.06. The van der Waals surface area contributed by atoms with Gasteiger partial charge >= 0.3 is 5.97 Å². The lowest BCUT2D eigenvalue weighted by molar-refractivity contribution is -0.180. The van der Waals surface area contributed by atoms with Crippen molar-refractivity contribution in [2.24, 2.45) is 5.92 Å². The second-order valence-electron chi connectivity index (χ2n) is 3.12. The topological polar surface area (TPSA) is 35.5 Å². The molecule has 0 aliphatic carbocycles. The molecule has 0 aromatic carbocycles. The maximum absolute atomic E-state index is 10.8. The number of ether oxygens (including phenoxy) is 2. The molecule has 0 bridgehead atoms. The highest BCUT2D eigenvalue weighted by Gasteiger charge is 2.34. The first kappa shape index (κ1) is 9.26. The van der Waals surface area contributed by atoms with E-state index in [1.807, 2.05) is 6.92 Å². The lowest BCUT2D eigenvalue weighted by Gasteiger charge is -2.37. The van der Waals surface area contributed by atoms with Gasteiger partial charge in [-0.1, -0.05) is 13.5 Å². The van der Waals surface area contributed by atoms with Gasteiger partial charge in [0, 0.05) is 12.0 Å². The average Bonchev–Trinajstić information content (AvgIpc) is 2.01. The van der Waals surface area contributed by atoms with Crippen molar-refractivity contribution in [2.45, 2.75) is 26.1 Å². The molecule has 3 atom stereocenters. The van der Waals surface area contributed by atoms with Gasteiger partial charge in [-0.3, -0.25) is 0 Å². The van der Waals surface area contributed by atoms with Crippen LogP contribution in [0.25, 0.3) is 0 Å². The largest absolute Gasteiger partial charge is 0.457 e. The first-order chi connectivity index (χ1) is 5.65. The Morgan fingerprint density at radius 2 is 2.50 bits per heavy atom. The molecular weight excluding hydrogens is 156 g/mol. The van der Waals surface area contributed by atoms with Gasteiger partial charge < -0.3 is 9.47 Å². The Morgan fingerprint density at radius 1 is 1.83 bits per heavy atom. The molecule has 0 spiro atoms. The van der Waals surface area contributed by atoms with Crippen molar-refractivity contribution in [3.63, 3.8) is 0 Å². The number of hydrogen-bond acceptors (Lipinski definition) is 3. The van der Waals surface area contributed by atoms with Crippen LogP contribution in [0.1, 0.15) is 13.8 Å². The fraction of sp³-hybridized carbons (Fsp3) is 0.667. The molecule has 0 amide bonds. The van der Waals surface area contributed by atoms with Gasteiger partial charge in [0.05, 0.1) is 12.7 Å². The Bertz CT molecular complexity index is 188. The second-order valence-corrected chi connectivity index (χ2v) is 3.12. The monoisotopic (exact) mass is 170 g/mol. The summed E-state index contributed by atoms with van der Waals surface area (Å²) >= 11 is 0. The van der Waals surface area contributed by atoms with Crippen LogP contribution in [0, 0.1) is 5.92 Å². The normalized spacial score (nSPS) is 30.2. The van der Waals surface area contributed by atoms with Crippen LogP contribution >= 0.6 is 0 Å². The van der Waals surface area contributed by atoms with Crippen LogP contribution in [0.3, 0.4) is 0 Å². The van der Waals surface area contributed by atoms with Crippen molar-refractivity contribution >= 4 is 5.97 Å². The number of carbonyl (C=O) groups is 1. The summed E-state index contributed by atoms with van der Waals surface area (Å²) in [4.78, 5) is 10.8. The number of carbonyl (C=O) groups excluding carboxylic acids is 1. The Labute approximate surface area is 72.4 Å². The van der Waals surface area contributed by atoms with Crippen LogP contribution in [0.4, 0.5) is 0 Å². The van der Waals surface area contributed by atoms with Gasteiger partial charge in [0.1, 0.15) is 6.10 Å². The number of rotatable bonds is 3. The van der Waals surface area contributed by atoms with Gasteiger partial charge in [-0.15, -0.1) is 0 Å². The molecule has 12 heavy (non-hydrogen) atoms. The van der Waals surface area contributed by atoms with E-state index in [9.17, 15) is 4.79 Å². The molecule has 3 unspecified atom stereocenters. The zero-order chi connectivity index (χ0) is 9.14. The molecular formula is C9H14O3. The summed E-state index contributed by atoms with van der Waals surface area (Å²) in [7, 11) is 0. The minimum atomic E-state index is -0.384. The van der Waals surface area contributed by atoms with Gasteiger partial charge in [-0.2, -0.15) is 0 Å². The lowest BCUT2D eigenvalue weighted by Crippen LogP contribution is -2.46. The lowest BCUT2D eigenvalue weighted by atomic mass is 9.96. The van der Waals surface area contributed by atoms with Crippen molar-refractivity contribution in [1.29, 1.82) is 0 Å². The van der Waals surface area contributed by atoms with Crippen molar-refractivity contribution in [2.75, 3.05) is 6.61 Å². The van der Waals surface area contributed by atoms with Crippen molar-refractivity contribution < 1.29 is 14.3 Å². The summed E-state index contributed by atoms with van der Waals surface area (Å²) in [6, 6.07) is 0. The van der Waals surface area contributed by atoms with Crippen molar-refractivity contribution in [3.05, 3.63) is 12.7 Å². The van der Waals surface area contributed by atoms with Gasteiger partial charge in [-0.05, 0) is 6.92 Å². The SMILES string of the molecule is C=CC(=O)OC(C)C1OCC1C. The van der Waals surface area contributed by atoms with E-state index in [1.165, 1.54) is 6.08 Å². The molecule has 0 aromatic rings. The van der Waals surface area contributed by atoms with Crippen LogP contribution in [0.5, 0.6) is 0 Å². The summed E-state index contributed by atoms with van der Waals surface area (Å²) < 4.78 is 10.2. The van der Waals surface area contributed by atoms with Gasteiger partial charge in [-0.25, -0.2) is 4.79 Å². The number of esters is 1. The van der Waals surface area contributed by atoms with Crippen LogP contribution in [-0.2, 0) is 14.3 Å². The minimum absolute atomic E-state index is 0.0638. The molecule has 1 saturated heterocycles. The third-order valence-corrected chi connectivity index (χ3v) is 2.04. The van der Waals surface area contributed by atoms with E-state index in [0.717, 1.165) is 6.61 Å². The maximum Gasteiger partial charge on any atom is 0.330 e. The standard InChI is InChI=1S/C9H14O3/c1-4-8(10)12-7(3)9-6(2)5-11-9/h4,6-7,9H,1,5H2,2-3H3. The molecule has 1 heterocycles. The molecule has 1 aliphatic rings. The zero-order valence-electron chi connectivity index (χ0n) is 7.45. The summed E-state index contributed by atoms with van der Waals surface area (Å²) in [5.74, 6) is 0.0998. The Balaban J connectivity index is 2.32. The van der Waals surface area contributed by atoms with Gasteiger partial charge in [0.25, 0.3) is 0 Å². The zero-order valence-corrected chi connectivity index (χ0v) is 7.45. The second kappa shape index (κ2) is 3.72. The molecule has 0 radical (unpaired) electrons. The highest BCUT2D eigenvalue weighted by Crippen LogP contribution is 2.24. The predicted octanol–water partition coefficient (Wildman–Crippen LogP) is 1.14. The Kier molecular flexibility index (Phi) is 2.87. The van der Waals surface area contributed by atoms with Crippen LogP contribution in [0.15, 0.2) is 12.7 Å². The minimum Gasteiger partial charge on any atom is -0.457 e. The third-order valence-electron chi connectivity index (χ3n) is 2.04. The number of hydrogen-bond donors (Lipinski definition) is 0. The van der Waals surface area contributed by atoms with E-state index in [2.05, 4.69) is 13.5 Å². The summed E-state index contributed by atoms with van der Waals surface area (Å²) in [5.41, 5.74) is 0. The van der Waals surface area contributed by atoms with Crippen LogP contribution < -0.4 is 0 Å². The molecule has 3 heteroatoms. The fourth-order valence-electron chi connectivity index (χ4n) is 1.30. The van der Waals surface area contributed by atoms with E-state index in [-0.39, 0.29) is 18.2 Å². The first-order valence-electron chi connectivity index (χ1n) is 4.09. The van der Waals surface area contributed by atoms with E-state index in [4.69, 9.17) is 9.47 Å². The molecule has 1 rings (SSSR count). The Hall–Kier alpha value is -0.830. The molecule has 0 saturated carbocycles. The fourth-order valence-corrected chi connectivity index (χ4v) is 1.30. The molecule has 3 nitrogen and oxygen atoms in total. The van der Waals surface area contributed by atoms with Crippen LogP contribution in [-0.4, -0.2) is 24.8 Å². The van der Waals surface area contributed by atoms with Crippen molar-refractivity contribution in [3.8, 4) is 0 Å². The third kappa shape index (κ3) is 1.85. The van der Waals surface area contributed by atoms with Gasteiger partial charge in [0.15, 0.2) is 0 Å². The summed E-state index contributed by atoms with van der Waals surface area (Å²) in [5, 5.41) is 0. The molecule has 68 valence electrons. The van der Waals surface area contributed by atoms with Crippen LogP contribution in [0.2, 0.25) is 0 Å². The van der Waals surface area contributed by atoms with E-state index in [0.29, 0.717) is 5.92 Å². The van der Waals surface area contributed by atoms with Gasteiger partial charge in [0.2, 0.25) is 0 Å². The molecule has 0 aromatic heterocycles. The van der Waals surface area contributed by atoms with E-state index >= 15 is 0 Å². The first-order valence-corrected chi connectivity index (χ1v) is 4.09. The predicted molar refractivity (Wildman–Crippen MR) is 44.7 cm³/mol. The maximum atomic E-state index is 10.8. The molecule has 0 N–H and O–H groups in total. The summed E-state index contributed by atoms with van der Waals surface area (Å²) in [6.45, 7) is 8.00. The highest BCUT2D eigenvalue weighted by atomic mass is 16.6.